The predicted octanol–water partition coefficient (Wildman–Crippen LogP) is 3.08. The summed E-state index contributed by atoms with van der Waals surface area (Å²) < 4.78 is 5.86. The smallest absolute Gasteiger partial charge is 0.236 e. The topological polar surface area (TPSA) is 67.9 Å². The molecule has 2 N–H and O–H groups in total. The Balaban J connectivity index is 2.45. The van der Waals surface area contributed by atoms with Gasteiger partial charge in [0, 0.05) is 12.6 Å². The second-order valence-electron chi connectivity index (χ2n) is 6.02. The van der Waals surface area contributed by atoms with Gasteiger partial charge in [-0.15, -0.1) is 11.6 Å². The molecule has 6 heteroatoms. The van der Waals surface area contributed by atoms with Crippen molar-refractivity contribution in [2.45, 2.75) is 27.2 Å². The number of halogens is 1. The van der Waals surface area contributed by atoms with E-state index >= 15 is 0 Å². The molecule has 0 unspecified atom stereocenters. The van der Waals surface area contributed by atoms with Crippen LogP contribution in [0.15, 0.2) is 23.2 Å². The third-order valence-electron chi connectivity index (χ3n) is 3.50. The fraction of sp³-hybridized carbons (Fsp3) is 0.500. The van der Waals surface area contributed by atoms with Gasteiger partial charge < -0.3 is 15.4 Å². The molecule has 0 aromatic heterocycles. The maximum atomic E-state index is 12.7. The van der Waals surface area contributed by atoms with E-state index < -0.39 is 5.41 Å². The summed E-state index contributed by atoms with van der Waals surface area (Å²) in [6.45, 7) is 6.83. The third kappa shape index (κ3) is 3.35. The average molecular weight is 324 g/mol. The fourth-order valence-corrected chi connectivity index (χ4v) is 2.41. The Morgan fingerprint density at radius 1 is 1.50 bits per heavy atom. The lowest BCUT2D eigenvalue weighted by atomic mass is 9.93. The number of benzene rings is 1. The average Bonchev–Trinajstić information content (AvgIpc) is 2.58. The van der Waals surface area contributed by atoms with Gasteiger partial charge in [0.15, 0.2) is 0 Å². The first-order valence-corrected chi connectivity index (χ1v) is 7.90. The molecule has 0 saturated carbocycles. The monoisotopic (exact) mass is 323 g/mol. The van der Waals surface area contributed by atoms with E-state index in [1.165, 1.54) is 0 Å². The van der Waals surface area contributed by atoms with Crippen LogP contribution in [0.25, 0.3) is 0 Å². The molecule has 5 nitrogen and oxygen atoms in total. The summed E-state index contributed by atoms with van der Waals surface area (Å²) in [7, 11) is 0. The van der Waals surface area contributed by atoms with Crippen LogP contribution in [-0.4, -0.2) is 30.8 Å². The van der Waals surface area contributed by atoms with E-state index in [2.05, 4.69) is 4.99 Å². The van der Waals surface area contributed by atoms with Crippen molar-refractivity contribution in [3.8, 4) is 5.75 Å². The molecule has 1 aliphatic rings. The molecule has 1 aromatic rings. The number of nitrogens with zero attached hydrogens (tertiary/aromatic N) is 2. The van der Waals surface area contributed by atoms with E-state index in [9.17, 15) is 4.79 Å². The zero-order valence-corrected chi connectivity index (χ0v) is 14.0. The first-order valence-electron chi connectivity index (χ1n) is 7.37. The summed E-state index contributed by atoms with van der Waals surface area (Å²) in [5.74, 6) is 1.24. The minimum atomic E-state index is -0.563. The van der Waals surface area contributed by atoms with Crippen molar-refractivity contribution in [3.05, 3.63) is 18.2 Å². The highest BCUT2D eigenvalue weighted by atomic mass is 35.5. The number of hydrogen-bond donors (Lipinski definition) is 1. The zero-order valence-electron chi connectivity index (χ0n) is 13.2. The third-order valence-corrected chi connectivity index (χ3v) is 3.78. The Morgan fingerprint density at radius 3 is 2.86 bits per heavy atom. The molecule has 0 bridgehead atoms. The molecule has 1 heterocycles. The van der Waals surface area contributed by atoms with Crippen molar-refractivity contribution < 1.29 is 9.53 Å². The number of rotatable bonds is 4. The molecule has 0 radical (unpaired) electrons. The second kappa shape index (κ2) is 6.57. The number of ether oxygens (including phenoxy) is 1. The van der Waals surface area contributed by atoms with Crippen molar-refractivity contribution >= 4 is 34.7 Å². The predicted molar refractivity (Wildman–Crippen MR) is 90.4 cm³/mol. The minimum absolute atomic E-state index is 0.0737. The standard InChI is InChI=1S/C16H22ClN3O2/c1-4-7-20-12-6-5-11(19-14(18)9-17)8-13(12)22-10-16(2,3)15(20)21/h5-6,8H,4,7,9-10H2,1-3H3,(H2,18,19). The van der Waals surface area contributed by atoms with E-state index in [4.69, 9.17) is 22.1 Å². The van der Waals surface area contributed by atoms with Crippen LogP contribution in [-0.2, 0) is 4.79 Å². The van der Waals surface area contributed by atoms with Gasteiger partial charge in [0.1, 0.15) is 18.2 Å². The Bertz CT molecular complexity index is 599. The minimum Gasteiger partial charge on any atom is -0.490 e. The van der Waals surface area contributed by atoms with Crippen molar-refractivity contribution in [3.63, 3.8) is 0 Å². The van der Waals surface area contributed by atoms with Crippen LogP contribution in [0.2, 0.25) is 0 Å². The molecule has 2 rings (SSSR count). The number of fused-ring (bicyclic) bond motifs is 1. The summed E-state index contributed by atoms with van der Waals surface area (Å²) in [4.78, 5) is 18.7. The first kappa shape index (κ1) is 16.6. The molecule has 0 atom stereocenters. The highest BCUT2D eigenvalue weighted by Gasteiger charge is 2.37. The van der Waals surface area contributed by atoms with Gasteiger partial charge in [0.05, 0.1) is 22.7 Å². The lowest BCUT2D eigenvalue weighted by Gasteiger charge is -2.27. The van der Waals surface area contributed by atoms with Crippen molar-refractivity contribution in [2.24, 2.45) is 16.1 Å². The van der Waals surface area contributed by atoms with E-state index in [1.807, 2.05) is 32.9 Å². The number of carbonyl (C=O) groups is 1. The zero-order chi connectivity index (χ0) is 16.3. The molecule has 0 fully saturated rings. The van der Waals surface area contributed by atoms with E-state index in [1.54, 1.807) is 11.0 Å². The maximum Gasteiger partial charge on any atom is 0.236 e. The molecule has 0 saturated heterocycles. The summed E-state index contributed by atoms with van der Waals surface area (Å²) >= 11 is 5.65. The van der Waals surface area contributed by atoms with Gasteiger partial charge in [-0.25, -0.2) is 4.99 Å². The Hall–Kier alpha value is -1.75. The SMILES string of the molecule is CCCN1C(=O)C(C)(C)COc2cc(N=C(N)CCl)ccc21. The Morgan fingerprint density at radius 2 is 2.23 bits per heavy atom. The summed E-state index contributed by atoms with van der Waals surface area (Å²) in [5, 5.41) is 0. The number of amidine groups is 1. The van der Waals surface area contributed by atoms with Gasteiger partial charge in [0.25, 0.3) is 0 Å². The van der Waals surface area contributed by atoms with E-state index in [0.29, 0.717) is 30.4 Å². The Labute approximate surface area is 136 Å². The first-order chi connectivity index (χ1) is 10.4. The van der Waals surface area contributed by atoms with Crippen molar-refractivity contribution in [1.29, 1.82) is 0 Å². The van der Waals surface area contributed by atoms with Gasteiger partial charge in [0.2, 0.25) is 5.91 Å². The number of nitrogens with two attached hydrogens (primary N) is 1. The number of carbonyl (C=O) groups excluding carboxylic acids is 1. The Kier molecular flexibility index (Phi) is 4.96. The lowest BCUT2D eigenvalue weighted by Crippen LogP contribution is -2.42. The summed E-state index contributed by atoms with van der Waals surface area (Å²) in [5.41, 5.74) is 6.55. The van der Waals surface area contributed by atoms with Crippen molar-refractivity contribution in [1.82, 2.24) is 0 Å². The number of aliphatic imine (C=N–C) groups is 1. The lowest BCUT2D eigenvalue weighted by molar-refractivity contribution is -0.127. The molecule has 1 amide bonds. The van der Waals surface area contributed by atoms with Gasteiger partial charge >= 0.3 is 0 Å². The molecule has 1 aliphatic heterocycles. The molecular weight excluding hydrogens is 302 g/mol. The van der Waals surface area contributed by atoms with Crippen LogP contribution in [0.5, 0.6) is 5.75 Å². The van der Waals surface area contributed by atoms with Gasteiger partial charge in [-0.2, -0.15) is 0 Å². The fourth-order valence-electron chi connectivity index (χ4n) is 2.35. The molecule has 22 heavy (non-hydrogen) atoms. The molecule has 120 valence electrons. The van der Waals surface area contributed by atoms with Crippen LogP contribution < -0.4 is 15.4 Å². The highest BCUT2D eigenvalue weighted by Crippen LogP contribution is 2.38. The van der Waals surface area contributed by atoms with Gasteiger partial charge in [-0.1, -0.05) is 6.92 Å². The van der Waals surface area contributed by atoms with Crippen LogP contribution >= 0.6 is 11.6 Å². The number of hydrogen-bond acceptors (Lipinski definition) is 3. The summed E-state index contributed by atoms with van der Waals surface area (Å²) in [6, 6.07) is 5.46. The molecule has 0 aliphatic carbocycles. The maximum absolute atomic E-state index is 12.7. The van der Waals surface area contributed by atoms with Crippen LogP contribution in [0, 0.1) is 5.41 Å². The number of alkyl halides is 1. The molecule has 1 aromatic carbocycles. The summed E-state index contributed by atoms with van der Waals surface area (Å²) in [6.07, 6.45) is 0.875. The van der Waals surface area contributed by atoms with Crippen LogP contribution in [0.4, 0.5) is 11.4 Å². The molecular formula is C16H22ClN3O2. The number of amides is 1. The quantitative estimate of drug-likeness (QED) is 0.526. The van der Waals surface area contributed by atoms with E-state index in [0.717, 1.165) is 12.1 Å². The largest absolute Gasteiger partial charge is 0.490 e. The molecule has 0 spiro atoms. The highest BCUT2D eigenvalue weighted by molar-refractivity contribution is 6.28. The van der Waals surface area contributed by atoms with Crippen LogP contribution in [0.1, 0.15) is 27.2 Å². The van der Waals surface area contributed by atoms with Crippen molar-refractivity contribution in [2.75, 3.05) is 23.9 Å². The van der Waals surface area contributed by atoms with E-state index in [-0.39, 0.29) is 11.8 Å². The normalized spacial score (nSPS) is 17.7. The van der Waals surface area contributed by atoms with Gasteiger partial charge in [-0.05, 0) is 32.4 Å². The van der Waals surface area contributed by atoms with Crippen LogP contribution in [0.3, 0.4) is 0 Å². The van der Waals surface area contributed by atoms with Gasteiger partial charge in [-0.3, -0.25) is 4.79 Å². The second-order valence-corrected chi connectivity index (χ2v) is 6.29. The number of anilines is 1.